The summed E-state index contributed by atoms with van der Waals surface area (Å²) >= 11 is 0. The lowest BCUT2D eigenvalue weighted by Gasteiger charge is -2.41. The van der Waals surface area contributed by atoms with Crippen LogP contribution in [-0.4, -0.2) is 13.6 Å². The Morgan fingerprint density at radius 3 is 2.29 bits per heavy atom. The highest BCUT2D eigenvalue weighted by Gasteiger charge is 2.34. The van der Waals surface area contributed by atoms with Gasteiger partial charge in [0.25, 0.3) is 0 Å². The minimum Gasteiger partial charge on any atom is -0.319 e. The normalized spacial score (nSPS) is 25.0. The molecular weight excluding hydrogens is 254 g/mol. The fourth-order valence-electron chi connectivity index (χ4n) is 4.35. The molecule has 1 nitrogen and oxygen atoms in total. The molecule has 1 aliphatic carbocycles. The van der Waals surface area contributed by atoms with Gasteiger partial charge in [0.2, 0.25) is 0 Å². The van der Waals surface area contributed by atoms with Gasteiger partial charge in [-0.05, 0) is 94.0 Å². The zero-order valence-corrected chi connectivity index (χ0v) is 14.8. The van der Waals surface area contributed by atoms with Gasteiger partial charge in [0.05, 0.1) is 0 Å². The third kappa shape index (κ3) is 4.10. The molecule has 0 spiro atoms. The van der Waals surface area contributed by atoms with Crippen LogP contribution in [0.15, 0.2) is 12.1 Å². The summed E-state index contributed by atoms with van der Waals surface area (Å²) in [5.41, 5.74) is 6.48. The SMILES string of the molecule is CNCC1CCC(C)(C)CC1Cc1c(C)cc(C)cc1C. The zero-order valence-electron chi connectivity index (χ0n) is 14.8. The summed E-state index contributed by atoms with van der Waals surface area (Å²) in [6.45, 7) is 12.9. The van der Waals surface area contributed by atoms with E-state index in [0.29, 0.717) is 5.41 Å². The molecule has 0 aliphatic heterocycles. The predicted molar refractivity (Wildman–Crippen MR) is 92.9 cm³/mol. The minimum absolute atomic E-state index is 0.515. The van der Waals surface area contributed by atoms with Crippen molar-refractivity contribution in [3.05, 3.63) is 34.4 Å². The molecule has 0 heterocycles. The van der Waals surface area contributed by atoms with Crippen molar-refractivity contribution in [3.63, 3.8) is 0 Å². The van der Waals surface area contributed by atoms with E-state index in [4.69, 9.17) is 0 Å². The van der Waals surface area contributed by atoms with E-state index >= 15 is 0 Å². The molecule has 0 bridgehead atoms. The number of hydrogen-bond donors (Lipinski definition) is 1. The fourth-order valence-corrected chi connectivity index (χ4v) is 4.35. The van der Waals surface area contributed by atoms with Gasteiger partial charge in [-0.3, -0.25) is 0 Å². The molecule has 0 amide bonds. The van der Waals surface area contributed by atoms with Gasteiger partial charge < -0.3 is 5.32 Å². The average molecular weight is 287 g/mol. The summed E-state index contributed by atoms with van der Waals surface area (Å²) in [4.78, 5) is 0. The van der Waals surface area contributed by atoms with Crippen LogP contribution in [0.4, 0.5) is 0 Å². The Labute approximate surface area is 131 Å². The first-order valence-corrected chi connectivity index (χ1v) is 8.54. The second-order valence-corrected chi connectivity index (χ2v) is 8.07. The molecule has 1 aromatic carbocycles. The van der Waals surface area contributed by atoms with Crippen LogP contribution in [0.1, 0.15) is 55.4 Å². The summed E-state index contributed by atoms with van der Waals surface area (Å²) in [5.74, 6) is 1.66. The van der Waals surface area contributed by atoms with Gasteiger partial charge in [-0.2, -0.15) is 0 Å². The van der Waals surface area contributed by atoms with Gasteiger partial charge in [-0.1, -0.05) is 31.5 Å². The average Bonchev–Trinajstić information content (AvgIpc) is 2.36. The van der Waals surface area contributed by atoms with E-state index in [1.54, 1.807) is 5.56 Å². The monoisotopic (exact) mass is 287 g/mol. The smallest absolute Gasteiger partial charge is 0.00207 e. The maximum atomic E-state index is 3.42. The summed E-state index contributed by atoms with van der Waals surface area (Å²) in [5, 5.41) is 3.42. The Balaban J connectivity index is 2.22. The number of nitrogens with one attached hydrogen (secondary N) is 1. The van der Waals surface area contributed by atoms with Gasteiger partial charge in [0.1, 0.15) is 0 Å². The first-order chi connectivity index (χ1) is 9.82. The third-order valence-electron chi connectivity index (χ3n) is 5.45. The van der Waals surface area contributed by atoms with Crippen LogP contribution in [-0.2, 0) is 6.42 Å². The highest BCUT2D eigenvalue weighted by Crippen LogP contribution is 2.43. The van der Waals surface area contributed by atoms with Crippen molar-refractivity contribution >= 4 is 0 Å². The first-order valence-electron chi connectivity index (χ1n) is 8.54. The molecule has 0 radical (unpaired) electrons. The van der Waals surface area contributed by atoms with E-state index in [9.17, 15) is 0 Å². The predicted octanol–water partition coefficient (Wildman–Crippen LogP) is 4.82. The van der Waals surface area contributed by atoms with Gasteiger partial charge in [0.15, 0.2) is 0 Å². The molecule has 21 heavy (non-hydrogen) atoms. The maximum absolute atomic E-state index is 3.42. The molecule has 1 heteroatoms. The molecule has 1 N–H and O–H groups in total. The van der Waals surface area contributed by atoms with Crippen molar-refractivity contribution in [1.82, 2.24) is 5.32 Å². The zero-order chi connectivity index (χ0) is 15.6. The van der Waals surface area contributed by atoms with Crippen molar-refractivity contribution in [2.45, 2.75) is 60.3 Å². The van der Waals surface area contributed by atoms with E-state index in [1.807, 2.05) is 0 Å². The van der Waals surface area contributed by atoms with E-state index in [2.05, 4.69) is 59.1 Å². The van der Waals surface area contributed by atoms with E-state index < -0.39 is 0 Å². The van der Waals surface area contributed by atoms with Crippen molar-refractivity contribution in [2.75, 3.05) is 13.6 Å². The molecule has 0 saturated heterocycles. The summed E-state index contributed by atoms with van der Waals surface area (Å²) in [7, 11) is 2.10. The lowest BCUT2D eigenvalue weighted by atomic mass is 9.65. The molecule has 2 atom stereocenters. The lowest BCUT2D eigenvalue weighted by molar-refractivity contribution is 0.117. The quantitative estimate of drug-likeness (QED) is 0.837. The molecular formula is C20H33N. The van der Waals surface area contributed by atoms with E-state index in [-0.39, 0.29) is 0 Å². The molecule has 0 aromatic heterocycles. The van der Waals surface area contributed by atoms with Gasteiger partial charge in [-0.15, -0.1) is 0 Å². The van der Waals surface area contributed by atoms with Crippen molar-refractivity contribution in [3.8, 4) is 0 Å². The number of benzene rings is 1. The van der Waals surface area contributed by atoms with E-state index in [0.717, 1.165) is 11.8 Å². The lowest BCUT2D eigenvalue weighted by Crippen LogP contribution is -2.36. The number of rotatable bonds is 4. The van der Waals surface area contributed by atoms with Crippen LogP contribution < -0.4 is 5.32 Å². The van der Waals surface area contributed by atoms with E-state index in [1.165, 1.54) is 48.9 Å². The first kappa shape index (κ1) is 16.5. The summed E-state index contributed by atoms with van der Waals surface area (Å²) in [6, 6.07) is 4.70. The van der Waals surface area contributed by atoms with Crippen molar-refractivity contribution < 1.29 is 0 Å². The standard InChI is InChI=1S/C20H33N/c1-14-9-15(2)19(16(3)10-14)11-18-12-20(4,5)8-7-17(18)13-21-6/h9-10,17-18,21H,7-8,11-13H2,1-6H3. The molecule has 1 aromatic rings. The van der Waals surface area contributed by atoms with Crippen LogP contribution >= 0.6 is 0 Å². The van der Waals surface area contributed by atoms with Gasteiger partial charge in [0, 0.05) is 0 Å². The molecule has 2 unspecified atom stereocenters. The Bertz CT molecular complexity index is 464. The maximum Gasteiger partial charge on any atom is -0.00207 e. The van der Waals surface area contributed by atoms with Crippen LogP contribution in [0.2, 0.25) is 0 Å². The Kier molecular flexibility index (Phi) is 5.14. The molecule has 1 saturated carbocycles. The van der Waals surface area contributed by atoms with Crippen LogP contribution in [0.3, 0.4) is 0 Å². The summed E-state index contributed by atoms with van der Waals surface area (Å²) in [6.07, 6.45) is 5.38. The fraction of sp³-hybridized carbons (Fsp3) is 0.700. The Morgan fingerprint density at radius 2 is 1.71 bits per heavy atom. The highest BCUT2D eigenvalue weighted by molar-refractivity contribution is 5.37. The van der Waals surface area contributed by atoms with Gasteiger partial charge >= 0.3 is 0 Å². The largest absolute Gasteiger partial charge is 0.319 e. The minimum atomic E-state index is 0.515. The van der Waals surface area contributed by atoms with Crippen molar-refractivity contribution in [2.24, 2.45) is 17.3 Å². The Hall–Kier alpha value is -0.820. The van der Waals surface area contributed by atoms with Crippen LogP contribution in [0.5, 0.6) is 0 Å². The van der Waals surface area contributed by atoms with Crippen LogP contribution in [0.25, 0.3) is 0 Å². The highest BCUT2D eigenvalue weighted by atomic mass is 14.8. The molecule has 118 valence electrons. The second-order valence-electron chi connectivity index (χ2n) is 8.07. The number of hydrogen-bond acceptors (Lipinski definition) is 1. The van der Waals surface area contributed by atoms with Crippen LogP contribution in [0, 0.1) is 38.0 Å². The topological polar surface area (TPSA) is 12.0 Å². The summed E-state index contributed by atoms with van der Waals surface area (Å²) < 4.78 is 0. The second kappa shape index (κ2) is 6.52. The van der Waals surface area contributed by atoms with Crippen molar-refractivity contribution in [1.29, 1.82) is 0 Å². The molecule has 1 aliphatic rings. The third-order valence-corrected chi connectivity index (χ3v) is 5.45. The Morgan fingerprint density at radius 1 is 1.10 bits per heavy atom. The van der Waals surface area contributed by atoms with Gasteiger partial charge in [-0.25, -0.2) is 0 Å². The molecule has 1 fully saturated rings. The number of aryl methyl sites for hydroxylation is 3. The molecule has 2 rings (SSSR count).